The quantitative estimate of drug-likeness (QED) is 0.680. The van der Waals surface area contributed by atoms with Crippen LogP contribution in [0.3, 0.4) is 0 Å². The summed E-state index contributed by atoms with van der Waals surface area (Å²) in [6.45, 7) is 1.08. The summed E-state index contributed by atoms with van der Waals surface area (Å²) < 4.78 is 36.0. The summed E-state index contributed by atoms with van der Waals surface area (Å²) in [4.78, 5) is 1.22. The van der Waals surface area contributed by atoms with Gasteiger partial charge >= 0.3 is 6.18 Å². The van der Waals surface area contributed by atoms with Gasteiger partial charge in [0.25, 0.3) is 0 Å². The van der Waals surface area contributed by atoms with E-state index in [1.54, 1.807) is 6.92 Å². The second-order valence-corrected chi connectivity index (χ2v) is 3.22. The van der Waals surface area contributed by atoms with Crippen molar-refractivity contribution >= 4 is 0 Å². The predicted octanol–water partition coefficient (Wildman–Crippen LogP) is 0.580. The molecule has 0 radical (unpaired) electrons. The number of aliphatic hydroxyl groups is 1. The average Bonchev–Trinajstić information content (AvgIpc) is 2.01. The zero-order chi connectivity index (χ0) is 11.2. The van der Waals surface area contributed by atoms with Crippen molar-refractivity contribution in [2.75, 3.05) is 26.2 Å². The summed E-state index contributed by atoms with van der Waals surface area (Å²) in [5.74, 6) is 0. The minimum absolute atomic E-state index is 0.0925. The molecule has 0 rings (SSSR count). The van der Waals surface area contributed by atoms with E-state index in [0.29, 0.717) is 13.0 Å². The summed E-state index contributed by atoms with van der Waals surface area (Å²) >= 11 is 0. The van der Waals surface area contributed by atoms with Crippen molar-refractivity contribution in [2.45, 2.75) is 25.6 Å². The average molecular weight is 214 g/mol. The first kappa shape index (κ1) is 13.7. The van der Waals surface area contributed by atoms with Crippen LogP contribution in [0.4, 0.5) is 13.2 Å². The van der Waals surface area contributed by atoms with Gasteiger partial charge in [0, 0.05) is 19.2 Å². The number of aliphatic hydroxyl groups excluding tert-OH is 1. The van der Waals surface area contributed by atoms with E-state index in [9.17, 15) is 13.2 Å². The number of alkyl halides is 3. The summed E-state index contributed by atoms with van der Waals surface area (Å²) in [5, 5.41) is 8.53. The number of nitrogens with two attached hydrogens (primary N) is 1. The van der Waals surface area contributed by atoms with Gasteiger partial charge in [0.15, 0.2) is 0 Å². The van der Waals surface area contributed by atoms with Crippen LogP contribution in [0.1, 0.15) is 13.3 Å². The molecule has 0 saturated heterocycles. The molecular weight excluding hydrogens is 197 g/mol. The standard InChI is InChI=1S/C8H17F3N2O/c1-2-13(6-8(9,10)11)5-7(12)3-4-14/h7,14H,2-6,12H2,1H3. The third kappa shape index (κ3) is 7.11. The minimum atomic E-state index is -4.19. The molecule has 1 unspecified atom stereocenters. The summed E-state index contributed by atoms with van der Waals surface area (Å²) in [5.41, 5.74) is 5.51. The van der Waals surface area contributed by atoms with Crippen LogP contribution in [0, 0.1) is 0 Å². The smallest absolute Gasteiger partial charge is 0.396 e. The van der Waals surface area contributed by atoms with Gasteiger partial charge in [-0.3, -0.25) is 4.90 Å². The number of rotatable bonds is 6. The fraction of sp³-hybridized carbons (Fsp3) is 1.00. The van der Waals surface area contributed by atoms with Crippen molar-refractivity contribution in [1.82, 2.24) is 4.90 Å². The third-order valence-electron chi connectivity index (χ3n) is 1.84. The molecule has 0 bridgehead atoms. The lowest BCUT2D eigenvalue weighted by Gasteiger charge is -2.24. The van der Waals surface area contributed by atoms with Gasteiger partial charge in [0.05, 0.1) is 6.54 Å². The number of hydrogen-bond acceptors (Lipinski definition) is 3. The summed E-state index contributed by atoms with van der Waals surface area (Å²) in [6.07, 6.45) is -3.86. The molecule has 6 heteroatoms. The predicted molar refractivity (Wildman–Crippen MR) is 47.8 cm³/mol. The number of hydrogen-bond donors (Lipinski definition) is 2. The van der Waals surface area contributed by atoms with Crippen LogP contribution in [-0.4, -0.2) is 48.5 Å². The minimum Gasteiger partial charge on any atom is -0.396 e. The van der Waals surface area contributed by atoms with Gasteiger partial charge in [-0.25, -0.2) is 0 Å². The van der Waals surface area contributed by atoms with Crippen molar-refractivity contribution in [1.29, 1.82) is 0 Å². The van der Waals surface area contributed by atoms with Crippen LogP contribution in [0.25, 0.3) is 0 Å². The Kier molecular flexibility index (Phi) is 6.06. The molecule has 0 saturated carbocycles. The van der Waals surface area contributed by atoms with Crippen molar-refractivity contribution in [3.8, 4) is 0 Å². The molecule has 0 aromatic rings. The van der Waals surface area contributed by atoms with E-state index >= 15 is 0 Å². The molecule has 0 aromatic heterocycles. The number of halogens is 3. The molecule has 1 atom stereocenters. The molecule has 0 amide bonds. The van der Waals surface area contributed by atoms with Gasteiger partial charge in [0.1, 0.15) is 0 Å². The highest BCUT2D eigenvalue weighted by Gasteiger charge is 2.30. The van der Waals surface area contributed by atoms with E-state index in [2.05, 4.69) is 0 Å². The fourth-order valence-electron chi connectivity index (χ4n) is 1.15. The maximum absolute atomic E-state index is 12.0. The van der Waals surface area contributed by atoms with Crippen molar-refractivity contribution in [2.24, 2.45) is 5.73 Å². The molecule has 0 aliphatic carbocycles. The molecule has 0 heterocycles. The number of nitrogens with zero attached hydrogens (tertiary/aromatic N) is 1. The van der Waals surface area contributed by atoms with Crippen LogP contribution in [0.5, 0.6) is 0 Å². The normalized spacial score (nSPS) is 14.8. The molecule has 0 fully saturated rings. The van der Waals surface area contributed by atoms with E-state index in [0.717, 1.165) is 0 Å². The molecule has 86 valence electrons. The van der Waals surface area contributed by atoms with Crippen LogP contribution in [0.15, 0.2) is 0 Å². The van der Waals surface area contributed by atoms with Gasteiger partial charge in [-0.1, -0.05) is 6.92 Å². The lowest BCUT2D eigenvalue weighted by Crippen LogP contribution is -2.42. The Morgan fingerprint density at radius 1 is 1.43 bits per heavy atom. The Balaban J connectivity index is 3.90. The Labute approximate surface area is 81.7 Å². The second-order valence-electron chi connectivity index (χ2n) is 3.22. The monoisotopic (exact) mass is 214 g/mol. The topological polar surface area (TPSA) is 49.5 Å². The first-order valence-corrected chi connectivity index (χ1v) is 4.54. The van der Waals surface area contributed by atoms with E-state index in [1.165, 1.54) is 4.90 Å². The molecule has 0 aliphatic heterocycles. The Bertz CT molecular complexity index is 152. The highest BCUT2D eigenvalue weighted by molar-refractivity contribution is 4.69. The molecule has 3 nitrogen and oxygen atoms in total. The zero-order valence-electron chi connectivity index (χ0n) is 8.22. The third-order valence-corrected chi connectivity index (χ3v) is 1.84. The van der Waals surface area contributed by atoms with E-state index in [-0.39, 0.29) is 13.2 Å². The molecule has 0 aromatic carbocycles. The van der Waals surface area contributed by atoms with Crippen LogP contribution in [0.2, 0.25) is 0 Å². The largest absolute Gasteiger partial charge is 0.401 e. The SMILES string of the molecule is CCN(CC(N)CCO)CC(F)(F)F. The first-order chi connectivity index (χ1) is 6.39. The van der Waals surface area contributed by atoms with Crippen molar-refractivity contribution < 1.29 is 18.3 Å². The van der Waals surface area contributed by atoms with Gasteiger partial charge < -0.3 is 10.8 Å². The highest BCUT2D eigenvalue weighted by atomic mass is 19.4. The Morgan fingerprint density at radius 3 is 2.36 bits per heavy atom. The molecule has 0 aliphatic rings. The van der Waals surface area contributed by atoms with Gasteiger partial charge in [-0.2, -0.15) is 13.2 Å². The van der Waals surface area contributed by atoms with Gasteiger partial charge in [0.2, 0.25) is 0 Å². The maximum Gasteiger partial charge on any atom is 0.401 e. The lowest BCUT2D eigenvalue weighted by atomic mass is 10.2. The maximum atomic E-state index is 12.0. The van der Waals surface area contributed by atoms with Crippen LogP contribution >= 0.6 is 0 Å². The molecule has 3 N–H and O–H groups in total. The van der Waals surface area contributed by atoms with Gasteiger partial charge in [-0.15, -0.1) is 0 Å². The van der Waals surface area contributed by atoms with Crippen molar-refractivity contribution in [3.63, 3.8) is 0 Å². The van der Waals surface area contributed by atoms with E-state index in [4.69, 9.17) is 10.8 Å². The van der Waals surface area contributed by atoms with E-state index < -0.39 is 18.8 Å². The molecular formula is C8H17F3N2O. The zero-order valence-corrected chi connectivity index (χ0v) is 8.22. The lowest BCUT2D eigenvalue weighted by molar-refractivity contribution is -0.145. The summed E-state index contributed by atoms with van der Waals surface area (Å²) in [7, 11) is 0. The van der Waals surface area contributed by atoms with Gasteiger partial charge in [-0.05, 0) is 13.0 Å². The van der Waals surface area contributed by atoms with Crippen LogP contribution in [-0.2, 0) is 0 Å². The van der Waals surface area contributed by atoms with E-state index in [1.807, 2.05) is 0 Å². The molecule has 0 spiro atoms. The Morgan fingerprint density at radius 2 is 2.00 bits per heavy atom. The second kappa shape index (κ2) is 6.21. The van der Waals surface area contributed by atoms with Crippen molar-refractivity contribution in [3.05, 3.63) is 0 Å². The molecule has 14 heavy (non-hydrogen) atoms. The summed E-state index contributed by atoms with van der Waals surface area (Å²) in [6, 6.07) is -0.401. The first-order valence-electron chi connectivity index (χ1n) is 4.54. The Hall–Kier alpha value is -0.330. The number of likely N-dealkylation sites (N-methyl/N-ethyl adjacent to an activating group) is 1. The fourth-order valence-corrected chi connectivity index (χ4v) is 1.15. The van der Waals surface area contributed by atoms with Crippen LogP contribution < -0.4 is 5.73 Å². The highest BCUT2D eigenvalue weighted by Crippen LogP contribution is 2.16.